The van der Waals surface area contributed by atoms with Gasteiger partial charge in [0.1, 0.15) is 0 Å². The van der Waals surface area contributed by atoms with Crippen molar-refractivity contribution < 1.29 is 4.39 Å². The second-order valence-electron chi connectivity index (χ2n) is 3.47. The SMILES string of the molecule is Fc1ccc(NCc2ccc(Br)c(Cl)c2)cn1. The molecule has 0 radical (unpaired) electrons. The van der Waals surface area contributed by atoms with Crippen molar-refractivity contribution in [3.8, 4) is 0 Å². The first-order chi connectivity index (χ1) is 8.15. The largest absolute Gasteiger partial charge is 0.380 e. The smallest absolute Gasteiger partial charge is 0.212 e. The minimum atomic E-state index is -0.484. The zero-order valence-corrected chi connectivity index (χ0v) is 11.1. The van der Waals surface area contributed by atoms with Crippen LogP contribution >= 0.6 is 27.5 Å². The minimum absolute atomic E-state index is 0.484. The topological polar surface area (TPSA) is 24.9 Å². The van der Waals surface area contributed by atoms with Crippen molar-refractivity contribution in [2.75, 3.05) is 5.32 Å². The van der Waals surface area contributed by atoms with E-state index in [2.05, 4.69) is 26.2 Å². The molecule has 0 atom stereocenters. The molecule has 1 aromatic heterocycles. The van der Waals surface area contributed by atoms with Crippen LogP contribution in [0, 0.1) is 5.95 Å². The van der Waals surface area contributed by atoms with Gasteiger partial charge in [-0.2, -0.15) is 4.39 Å². The first-order valence-corrected chi connectivity index (χ1v) is 6.11. The van der Waals surface area contributed by atoms with E-state index >= 15 is 0 Å². The second-order valence-corrected chi connectivity index (χ2v) is 4.73. The first-order valence-electron chi connectivity index (χ1n) is 4.94. The highest BCUT2D eigenvalue weighted by molar-refractivity contribution is 9.10. The summed E-state index contributed by atoms with van der Waals surface area (Å²) in [6, 6.07) is 8.68. The number of halogens is 3. The maximum absolute atomic E-state index is 12.6. The summed E-state index contributed by atoms with van der Waals surface area (Å²) in [5.41, 5.74) is 1.81. The average molecular weight is 316 g/mol. The fourth-order valence-electron chi connectivity index (χ4n) is 1.33. The zero-order valence-electron chi connectivity index (χ0n) is 8.75. The maximum atomic E-state index is 12.6. The van der Waals surface area contributed by atoms with E-state index in [0.29, 0.717) is 11.6 Å². The van der Waals surface area contributed by atoms with Crippen LogP contribution in [0.25, 0.3) is 0 Å². The highest BCUT2D eigenvalue weighted by Gasteiger charge is 1.99. The highest BCUT2D eigenvalue weighted by Crippen LogP contribution is 2.23. The Kier molecular flexibility index (Phi) is 3.97. The quantitative estimate of drug-likeness (QED) is 0.857. The molecule has 0 unspecified atom stereocenters. The lowest BCUT2D eigenvalue weighted by atomic mass is 10.2. The third-order valence-electron chi connectivity index (χ3n) is 2.21. The van der Waals surface area contributed by atoms with Gasteiger partial charge >= 0.3 is 0 Å². The van der Waals surface area contributed by atoms with E-state index in [4.69, 9.17) is 11.6 Å². The second kappa shape index (κ2) is 5.47. The van der Waals surface area contributed by atoms with Gasteiger partial charge in [0.05, 0.1) is 16.9 Å². The number of pyridine rings is 1. The van der Waals surface area contributed by atoms with Gasteiger partial charge in [0.15, 0.2) is 0 Å². The monoisotopic (exact) mass is 314 g/mol. The fourth-order valence-corrected chi connectivity index (χ4v) is 1.78. The number of hydrogen-bond donors (Lipinski definition) is 1. The number of aromatic nitrogens is 1. The maximum Gasteiger partial charge on any atom is 0.212 e. The summed E-state index contributed by atoms with van der Waals surface area (Å²) in [7, 11) is 0. The minimum Gasteiger partial charge on any atom is -0.380 e. The lowest BCUT2D eigenvalue weighted by Gasteiger charge is -2.06. The number of rotatable bonds is 3. The summed E-state index contributed by atoms with van der Waals surface area (Å²) < 4.78 is 13.5. The third kappa shape index (κ3) is 3.41. The molecule has 1 aromatic carbocycles. The number of hydrogen-bond acceptors (Lipinski definition) is 2. The van der Waals surface area contributed by atoms with E-state index in [9.17, 15) is 4.39 Å². The standard InChI is InChI=1S/C12H9BrClFN2/c13-10-3-1-8(5-11(10)14)6-16-9-2-4-12(15)17-7-9/h1-5,7,16H,6H2. The molecule has 0 aliphatic heterocycles. The molecule has 17 heavy (non-hydrogen) atoms. The van der Waals surface area contributed by atoms with Crippen LogP contribution in [-0.2, 0) is 6.54 Å². The summed E-state index contributed by atoms with van der Waals surface area (Å²) in [6.45, 7) is 0.611. The Morgan fingerprint density at radius 2 is 2.12 bits per heavy atom. The van der Waals surface area contributed by atoms with Gasteiger partial charge in [0, 0.05) is 11.0 Å². The molecule has 1 N–H and O–H groups in total. The predicted molar refractivity (Wildman–Crippen MR) is 70.7 cm³/mol. The molecule has 2 nitrogen and oxygen atoms in total. The van der Waals surface area contributed by atoms with Crippen molar-refractivity contribution >= 4 is 33.2 Å². The fraction of sp³-hybridized carbons (Fsp3) is 0.0833. The molecule has 88 valence electrons. The van der Waals surface area contributed by atoms with E-state index < -0.39 is 5.95 Å². The Morgan fingerprint density at radius 3 is 2.76 bits per heavy atom. The van der Waals surface area contributed by atoms with Gasteiger partial charge in [-0.05, 0) is 45.8 Å². The lowest BCUT2D eigenvalue weighted by molar-refractivity contribution is 0.584. The van der Waals surface area contributed by atoms with Crippen molar-refractivity contribution in [2.24, 2.45) is 0 Å². The Morgan fingerprint density at radius 1 is 1.29 bits per heavy atom. The van der Waals surface area contributed by atoms with Crippen LogP contribution < -0.4 is 5.32 Å². The van der Waals surface area contributed by atoms with Crippen LogP contribution in [0.15, 0.2) is 41.0 Å². The van der Waals surface area contributed by atoms with Crippen molar-refractivity contribution in [3.63, 3.8) is 0 Å². The van der Waals surface area contributed by atoms with Gasteiger partial charge < -0.3 is 5.32 Å². The summed E-state index contributed by atoms with van der Waals surface area (Å²) in [5, 5.41) is 3.80. The van der Waals surface area contributed by atoms with Crippen molar-refractivity contribution in [1.82, 2.24) is 4.98 Å². The van der Waals surface area contributed by atoms with Crippen LogP contribution in [-0.4, -0.2) is 4.98 Å². The number of nitrogens with zero attached hydrogens (tertiary/aromatic N) is 1. The zero-order chi connectivity index (χ0) is 12.3. The van der Waals surface area contributed by atoms with Crippen molar-refractivity contribution in [3.05, 3.63) is 57.5 Å². The van der Waals surface area contributed by atoms with E-state index in [1.807, 2.05) is 18.2 Å². The Labute approximate surface area is 112 Å². The van der Waals surface area contributed by atoms with Gasteiger partial charge in [-0.3, -0.25) is 0 Å². The van der Waals surface area contributed by atoms with Crippen molar-refractivity contribution in [1.29, 1.82) is 0 Å². The summed E-state index contributed by atoms with van der Waals surface area (Å²) in [4.78, 5) is 3.56. The first kappa shape index (κ1) is 12.3. The van der Waals surface area contributed by atoms with E-state index in [1.54, 1.807) is 6.07 Å². The van der Waals surface area contributed by atoms with Gasteiger partial charge in [-0.1, -0.05) is 17.7 Å². The van der Waals surface area contributed by atoms with Gasteiger partial charge in [-0.15, -0.1) is 0 Å². The average Bonchev–Trinajstić information content (AvgIpc) is 2.33. The molecule has 5 heteroatoms. The molecule has 0 spiro atoms. The lowest BCUT2D eigenvalue weighted by Crippen LogP contribution is -2.00. The molecule has 0 saturated heterocycles. The molecular weight excluding hydrogens is 307 g/mol. The van der Waals surface area contributed by atoms with E-state index in [-0.39, 0.29) is 0 Å². The van der Waals surface area contributed by atoms with Crippen LogP contribution in [0.2, 0.25) is 5.02 Å². The van der Waals surface area contributed by atoms with E-state index in [1.165, 1.54) is 12.3 Å². The number of nitrogens with one attached hydrogen (secondary N) is 1. The van der Waals surface area contributed by atoms with Crippen LogP contribution in [0.1, 0.15) is 5.56 Å². The van der Waals surface area contributed by atoms with E-state index in [0.717, 1.165) is 15.7 Å². The molecule has 1 heterocycles. The van der Waals surface area contributed by atoms with Crippen molar-refractivity contribution in [2.45, 2.75) is 6.54 Å². The highest BCUT2D eigenvalue weighted by atomic mass is 79.9. The summed E-state index contributed by atoms with van der Waals surface area (Å²) >= 11 is 9.31. The van der Waals surface area contributed by atoms with Gasteiger partial charge in [0.2, 0.25) is 5.95 Å². The molecule has 0 fully saturated rings. The number of benzene rings is 1. The van der Waals surface area contributed by atoms with Crippen LogP contribution in [0.3, 0.4) is 0 Å². The molecule has 0 amide bonds. The normalized spacial score (nSPS) is 10.3. The molecule has 0 aliphatic carbocycles. The molecule has 2 aromatic rings. The molecule has 2 rings (SSSR count). The molecule has 0 bridgehead atoms. The Balaban J connectivity index is 2.02. The van der Waals surface area contributed by atoms with Crippen LogP contribution in [0.4, 0.5) is 10.1 Å². The predicted octanol–water partition coefficient (Wildman–Crippen LogP) is 4.25. The van der Waals surface area contributed by atoms with Gasteiger partial charge in [0.25, 0.3) is 0 Å². The summed E-state index contributed by atoms with van der Waals surface area (Å²) in [6.07, 6.45) is 1.45. The molecule has 0 aliphatic rings. The molecule has 0 saturated carbocycles. The number of anilines is 1. The van der Waals surface area contributed by atoms with Gasteiger partial charge in [-0.25, -0.2) is 4.98 Å². The Hall–Kier alpha value is -1.13. The van der Waals surface area contributed by atoms with Crippen LogP contribution in [0.5, 0.6) is 0 Å². The molecular formula is C12H9BrClFN2. The Bertz CT molecular complexity index is 516. The third-order valence-corrected chi connectivity index (χ3v) is 3.44. The summed E-state index contributed by atoms with van der Waals surface area (Å²) in [5.74, 6) is -0.484.